The average molecular weight is 1460 g/mol. The Morgan fingerprint density at radius 1 is 0.299 bits per heavy atom. The van der Waals surface area contributed by atoms with Crippen molar-refractivity contribution in [2.24, 2.45) is 0 Å². The molecular formula is C85H117N17O5. The van der Waals surface area contributed by atoms with Gasteiger partial charge in [-0.15, -0.1) is 40.8 Å². The normalized spacial score (nSPS) is 9.80. The second-order valence-electron chi connectivity index (χ2n) is 23.5. The van der Waals surface area contributed by atoms with Gasteiger partial charge in [-0.3, -0.25) is 0 Å². The van der Waals surface area contributed by atoms with Gasteiger partial charge in [0.25, 0.3) is 0 Å². The van der Waals surface area contributed by atoms with E-state index in [2.05, 4.69) is 200 Å². The Hall–Kier alpha value is -11.2. The van der Waals surface area contributed by atoms with Gasteiger partial charge in [-0.05, 0) is 118 Å². The molecule has 0 unspecified atom stereocenters. The lowest BCUT2D eigenvalue weighted by Crippen LogP contribution is -2.00. The highest BCUT2D eigenvalue weighted by atomic mass is 16.5. The van der Waals surface area contributed by atoms with Crippen molar-refractivity contribution in [2.75, 3.05) is 35.5 Å². The predicted molar refractivity (Wildman–Crippen MR) is 434 cm³/mol. The highest BCUT2D eigenvalue weighted by Crippen LogP contribution is 2.39. The number of rotatable bonds is 16. The Balaban J connectivity index is 0.000000628. The molecule has 0 atom stereocenters. The number of hydrogen-bond acceptors (Lipinski definition) is 22. The molecule has 0 saturated heterocycles. The van der Waals surface area contributed by atoms with Gasteiger partial charge in [0.15, 0.2) is 18.0 Å². The Morgan fingerprint density at radius 2 is 0.654 bits per heavy atom. The number of benzene rings is 6. The van der Waals surface area contributed by atoms with Crippen LogP contribution in [-0.4, -0.2) is 116 Å². The van der Waals surface area contributed by atoms with E-state index in [1.54, 1.807) is 60.3 Å². The summed E-state index contributed by atoms with van der Waals surface area (Å²) >= 11 is 0. The lowest BCUT2D eigenvalue weighted by atomic mass is 9.95. The van der Waals surface area contributed by atoms with Gasteiger partial charge in [0.1, 0.15) is 59.8 Å². The largest absolute Gasteiger partial charge is 0.496 e. The van der Waals surface area contributed by atoms with E-state index in [1.807, 2.05) is 155 Å². The molecule has 572 valence electrons. The zero-order chi connectivity index (χ0) is 80.4. The van der Waals surface area contributed by atoms with Crippen LogP contribution in [-0.2, 0) is 0 Å². The first kappa shape index (κ1) is 93.8. The van der Waals surface area contributed by atoms with Crippen LogP contribution in [0.2, 0.25) is 0 Å². The van der Waals surface area contributed by atoms with Gasteiger partial charge in [-0.25, -0.2) is 29.9 Å². The van der Waals surface area contributed by atoms with Crippen molar-refractivity contribution in [1.82, 2.24) is 80.9 Å². The van der Waals surface area contributed by atoms with E-state index in [-0.39, 0.29) is 0 Å². The minimum absolute atomic E-state index is 0.370. The molecule has 107 heavy (non-hydrogen) atoms. The third-order valence-corrected chi connectivity index (χ3v) is 15.1. The van der Waals surface area contributed by atoms with Crippen LogP contribution in [0.25, 0.3) is 56.7 Å². The molecule has 0 spiro atoms. The van der Waals surface area contributed by atoms with Crippen molar-refractivity contribution in [3.05, 3.63) is 210 Å². The summed E-state index contributed by atoms with van der Waals surface area (Å²) < 4.78 is 27.4. The van der Waals surface area contributed by atoms with Crippen molar-refractivity contribution < 1.29 is 23.7 Å². The summed E-state index contributed by atoms with van der Waals surface area (Å²) in [6.07, 6.45) is 13.7. The highest BCUT2D eigenvalue weighted by molar-refractivity contribution is 5.71. The number of para-hydroxylation sites is 5. The zero-order valence-corrected chi connectivity index (χ0v) is 68.7. The molecular weight excluding hydrogens is 1340 g/mol. The van der Waals surface area contributed by atoms with E-state index in [9.17, 15) is 0 Å². The van der Waals surface area contributed by atoms with Gasteiger partial charge in [0, 0.05) is 17.3 Å². The van der Waals surface area contributed by atoms with E-state index in [0.29, 0.717) is 53.0 Å². The summed E-state index contributed by atoms with van der Waals surface area (Å²) in [6, 6.07) is 38.1. The topological polar surface area (TPSA) is 276 Å². The lowest BCUT2D eigenvalue weighted by Gasteiger charge is -2.15. The van der Waals surface area contributed by atoms with Crippen molar-refractivity contribution in [2.45, 2.75) is 195 Å². The molecule has 6 aromatic carbocycles. The van der Waals surface area contributed by atoms with Crippen LogP contribution in [0.1, 0.15) is 232 Å². The van der Waals surface area contributed by atoms with Crippen LogP contribution in [0.3, 0.4) is 0 Å². The second kappa shape index (κ2) is 53.5. The number of hydrogen-bond donors (Lipinski definition) is 0. The minimum Gasteiger partial charge on any atom is -0.496 e. The summed E-state index contributed by atoms with van der Waals surface area (Å²) in [5, 5.41) is 47.4. The Morgan fingerprint density at radius 3 is 1.01 bits per heavy atom. The van der Waals surface area contributed by atoms with Gasteiger partial charge in [0.2, 0.25) is 5.82 Å². The van der Waals surface area contributed by atoms with E-state index in [1.165, 1.54) is 42.8 Å². The molecule has 0 N–H and O–H groups in total. The Labute approximate surface area is 638 Å². The minimum atomic E-state index is 0.370. The maximum Gasteiger partial charge on any atom is 0.207 e. The summed E-state index contributed by atoms with van der Waals surface area (Å²) in [4.78, 5) is 24.5. The number of nitriles is 1. The molecule has 11 rings (SSSR count). The average Bonchev–Trinajstić information content (AvgIpc) is 0.845. The molecule has 0 bridgehead atoms. The SMILES string of the molecule is CC.CC.CC.CC.CC.COc1c(-c2cncnn2)cccc1C(C)C.COc1c(-c2cnncn2)cccc1C(C)C.COc1c(-c2nccnn2)cccc1C(C)C.COc1c(-c2ncncn2)cccc1C(C)C.COc1c(-c2nncnn2)cccc1C(C)C.Cc1c(C#N)cccc1C(C)C. The maximum atomic E-state index is 8.77. The van der Waals surface area contributed by atoms with Crippen molar-refractivity contribution >= 4 is 0 Å². The van der Waals surface area contributed by atoms with Gasteiger partial charge in [0.05, 0.1) is 88.2 Å². The molecule has 22 nitrogen and oxygen atoms in total. The Kier molecular flexibility index (Phi) is 46.9. The monoisotopic (exact) mass is 1460 g/mol. The van der Waals surface area contributed by atoms with Crippen molar-refractivity contribution in [1.29, 1.82) is 5.26 Å². The molecule has 0 radical (unpaired) electrons. The predicted octanol–water partition coefficient (Wildman–Crippen LogP) is 20.9. The molecule has 11 aromatic rings. The van der Waals surface area contributed by atoms with Crippen LogP contribution >= 0.6 is 0 Å². The van der Waals surface area contributed by atoms with Crippen LogP contribution in [0.5, 0.6) is 28.7 Å². The van der Waals surface area contributed by atoms with Crippen molar-refractivity contribution in [3.8, 4) is 91.5 Å². The van der Waals surface area contributed by atoms with E-state index in [0.717, 1.165) is 101 Å². The molecule has 0 amide bonds. The van der Waals surface area contributed by atoms with Crippen LogP contribution in [0.15, 0.2) is 166 Å². The first-order chi connectivity index (χ1) is 51.8. The van der Waals surface area contributed by atoms with E-state index < -0.39 is 0 Å². The first-order valence-corrected chi connectivity index (χ1v) is 36.7. The Bertz CT molecular complexity index is 3660. The quantitative estimate of drug-likeness (QED) is 0.0869. The molecule has 0 aliphatic heterocycles. The first-order valence-electron chi connectivity index (χ1n) is 36.7. The summed E-state index contributed by atoms with van der Waals surface area (Å²) in [6.45, 7) is 47.6. The molecule has 0 aliphatic carbocycles. The molecule has 5 heterocycles. The summed E-state index contributed by atoms with van der Waals surface area (Å²) in [5.74, 6) is 8.34. The molecule has 22 heteroatoms. The third kappa shape index (κ3) is 28.6. The van der Waals surface area contributed by atoms with E-state index >= 15 is 0 Å². The third-order valence-electron chi connectivity index (χ3n) is 15.1. The van der Waals surface area contributed by atoms with Gasteiger partial charge in [-0.1, -0.05) is 225 Å². The van der Waals surface area contributed by atoms with Gasteiger partial charge >= 0.3 is 0 Å². The van der Waals surface area contributed by atoms with E-state index in [4.69, 9.17) is 28.9 Å². The van der Waals surface area contributed by atoms with Gasteiger partial charge < -0.3 is 23.7 Å². The number of ether oxygens (including phenoxy) is 5. The smallest absolute Gasteiger partial charge is 0.207 e. The van der Waals surface area contributed by atoms with Crippen LogP contribution in [0.4, 0.5) is 0 Å². The number of nitrogens with zero attached hydrogens (tertiary/aromatic N) is 17. The zero-order valence-electron chi connectivity index (χ0n) is 68.7. The fraction of sp³-hybridized carbons (Fsp3) is 0.400. The van der Waals surface area contributed by atoms with Crippen molar-refractivity contribution in [3.63, 3.8) is 0 Å². The molecule has 5 aromatic heterocycles. The fourth-order valence-corrected chi connectivity index (χ4v) is 10.3. The summed E-state index contributed by atoms with van der Waals surface area (Å²) in [5.41, 5.74) is 14.9. The fourth-order valence-electron chi connectivity index (χ4n) is 10.3. The maximum absolute atomic E-state index is 8.77. The molecule has 0 saturated carbocycles. The number of aromatic nitrogens is 16. The van der Waals surface area contributed by atoms with Gasteiger partial charge in [-0.2, -0.15) is 15.5 Å². The number of methoxy groups -OCH3 is 5. The van der Waals surface area contributed by atoms with Crippen LogP contribution in [0, 0.1) is 18.3 Å². The molecule has 0 aliphatic rings. The van der Waals surface area contributed by atoms with Crippen LogP contribution < -0.4 is 23.7 Å². The molecule has 0 fully saturated rings. The summed E-state index contributed by atoms with van der Waals surface area (Å²) in [7, 11) is 8.34. The lowest BCUT2D eigenvalue weighted by molar-refractivity contribution is 0.408. The standard InChI is InChI=1S/4C13H15N3O.C12H14N4O.C11H13N.5C2H6/c1-9(2)10-5-4-6-11(12(10)17-3)13-15-7-14-8-16-13;1-9(2)10-5-4-6-11(13(10)17-3)12-7-15-16-8-14-12;1-9(2)10-5-4-6-11(13(10)17-3)12-7-14-8-15-16-12;1-9(2)10-5-4-6-11(12(10)17-3)13-14-7-8-15-16-13;1-8(2)9-5-4-6-10(11(9)17-3)12-15-13-7-14-16-12;1-8(2)11-6-4-5-10(7-12)9(11)3;5*1-2/h4*4-9H,1-3H3;4-8H,1-3H3;4-6,8H,1-3H3;5*1-2H3. The second-order valence-corrected chi connectivity index (χ2v) is 23.5. The highest BCUT2D eigenvalue weighted by Gasteiger charge is 2.20.